The molecule has 0 aliphatic carbocycles. The van der Waals surface area contributed by atoms with Crippen molar-refractivity contribution in [3.05, 3.63) is 102 Å². The van der Waals surface area contributed by atoms with Crippen molar-refractivity contribution in [1.29, 1.82) is 0 Å². The van der Waals surface area contributed by atoms with Crippen molar-refractivity contribution in [3.8, 4) is 5.75 Å². The second-order valence-corrected chi connectivity index (χ2v) is 9.58. The molecule has 0 saturated carbocycles. The van der Waals surface area contributed by atoms with E-state index in [9.17, 15) is 14.4 Å². The summed E-state index contributed by atoms with van der Waals surface area (Å²) in [5, 5.41) is 2.62. The Balaban J connectivity index is 0.00000274. The summed E-state index contributed by atoms with van der Waals surface area (Å²) in [7, 11) is 0. The fraction of sp³-hybridized carbons (Fsp3) is 0.344. The third kappa shape index (κ3) is 12.5. The van der Waals surface area contributed by atoms with Crippen molar-refractivity contribution in [2.24, 2.45) is 0 Å². The summed E-state index contributed by atoms with van der Waals surface area (Å²) in [5.41, 5.74) is 1.81. The third-order valence-electron chi connectivity index (χ3n) is 5.15. The van der Waals surface area contributed by atoms with Crippen molar-refractivity contribution in [2.75, 3.05) is 6.61 Å². The van der Waals surface area contributed by atoms with Gasteiger partial charge >= 0.3 is 18.0 Å². The van der Waals surface area contributed by atoms with Crippen LogP contribution in [0.15, 0.2) is 84.9 Å². The molecule has 0 aliphatic rings. The van der Waals surface area contributed by atoms with Gasteiger partial charge in [0.25, 0.3) is 0 Å². The first-order valence-corrected chi connectivity index (χ1v) is 13.3. The Morgan fingerprint density at radius 3 is 1.77 bits per heavy atom. The Labute approximate surface area is 236 Å². The molecule has 3 aromatic rings. The molecule has 3 rings (SSSR count). The van der Waals surface area contributed by atoms with Gasteiger partial charge in [-0.25, -0.2) is 14.4 Å². The third-order valence-corrected chi connectivity index (χ3v) is 5.15. The molecular weight excluding hydrogens is 510 g/mol. The molecule has 0 aromatic heterocycles. The van der Waals surface area contributed by atoms with Crippen LogP contribution in [0, 0.1) is 0 Å². The van der Waals surface area contributed by atoms with Crippen molar-refractivity contribution < 1.29 is 33.3 Å². The highest BCUT2D eigenvalue weighted by Gasteiger charge is 2.24. The van der Waals surface area contributed by atoms with Gasteiger partial charge in [0.05, 0.1) is 0 Å². The number of alkyl carbamates (subject to hydrolysis) is 1. The Bertz CT molecular complexity index is 1170. The van der Waals surface area contributed by atoms with Crippen LogP contribution in [-0.2, 0) is 43.4 Å². The highest BCUT2D eigenvalue weighted by atomic mass is 16.6. The van der Waals surface area contributed by atoms with Gasteiger partial charge in [-0.1, -0.05) is 86.6 Å². The topological polar surface area (TPSA) is 100 Å². The van der Waals surface area contributed by atoms with E-state index in [1.165, 1.54) is 0 Å². The fourth-order valence-corrected chi connectivity index (χ4v) is 3.40. The van der Waals surface area contributed by atoms with Crippen LogP contribution in [0.4, 0.5) is 4.79 Å². The average molecular weight is 550 g/mol. The minimum absolute atomic E-state index is 0.0716. The number of esters is 2. The number of carbonyl (C=O) groups excluding carboxylic acids is 3. The molecule has 1 unspecified atom stereocenters. The Hall–Kier alpha value is -4.33. The normalized spacial score (nSPS) is 11.2. The highest BCUT2D eigenvalue weighted by Crippen LogP contribution is 2.15. The molecular formula is C32H39NO7. The van der Waals surface area contributed by atoms with Crippen molar-refractivity contribution >= 4 is 18.0 Å². The standard InChI is InChI=1S/C30H33NO7.C2H6/c1-30(2,3)38-27(32)21-35-25-16-14-22(15-17-25)18-26(28(33)36-19-23-10-6-4-7-11-23)31-29(34)37-20-24-12-8-5-9-13-24;1-2/h4-17,26H,18-21H2,1-3H3,(H,31,34);1-2H3. The summed E-state index contributed by atoms with van der Waals surface area (Å²) in [5.74, 6) is -0.588. The number of benzene rings is 3. The van der Waals surface area contributed by atoms with Crippen LogP contribution >= 0.6 is 0 Å². The number of amides is 1. The summed E-state index contributed by atoms with van der Waals surface area (Å²) in [6, 6.07) is 24.4. The summed E-state index contributed by atoms with van der Waals surface area (Å²) >= 11 is 0. The lowest BCUT2D eigenvalue weighted by atomic mass is 10.1. The van der Waals surface area contributed by atoms with E-state index in [0.29, 0.717) is 5.75 Å². The minimum atomic E-state index is -0.976. The first kappa shape index (κ1) is 31.9. The largest absolute Gasteiger partial charge is 0.482 e. The Morgan fingerprint density at radius 1 is 0.725 bits per heavy atom. The summed E-state index contributed by atoms with van der Waals surface area (Å²) in [6.45, 7) is 9.28. The smallest absolute Gasteiger partial charge is 0.408 e. The lowest BCUT2D eigenvalue weighted by Gasteiger charge is -2.19. The van der Waals surface area contributed by atoms with Gasteiger partial charge in [0.2, 0.25) is 0 Å². The van der Waals surface area contributed by atoms with Crippen LogP contribution in [0.5, 0.6) is 5.75 Å². The van der Waals surface area contributed by atoms with Crippen LogP contribution in [0.25, 0.3) is 0 Å². The van der Waals surface area contributed by atoms with E-state index in [-0.39, 0.29) is 26.2 Å². The molecule has 1 amide bonds. The molecule has 3 aromatic carbocycles. The van der Waals surface area contributed by atoms with Crippen LogP contribution in [0.1, 0.15) is 51.3 Å². The first-order valence-electron chi connectivity index (χ1n) is 13.3. The number of nitrogens with one attached hydrogen (secondary N) is 1. The van der Waals surface area contributed by atoms with Gasteiger partial charge in [-0.3, -0.25) is 0 Å². The van der Waals surface area contributed by atoms with E-state index in [1.807, 2.05) is 74.5 Å². The van der Waals surface area contributed by atoms with Crippen molar-refractivity contribution in [1.82, 2.24) is 5.32 Å². The van der Waals surface area contributed by atoms with E-state index in [1.54, 1.807) is 45.0 Å². The maximum Gasteiger partial charge on any atom is 0.408 e. The molecule has 1 N–H and O–H groups in total. The van der Waals surface area contributed by atoms with Gasteiger partial charge in [-0.2, -0.15) is 0 Å². The van der Waals surface area contributed by atoms with E-state index in [2.05, 4.69) is 5.32 Å². The van der Waals surface area contributed by atoms with Gasteiger partial charge in [0.1, 0.15) is 30.6 Å². The van der Waals surface area contributed by atoms with Gasteiger partial charge in [-0.15, -0.1) is 0 Å². The van der Waals surface area contributed by atoms with Crippen LogP contribution in [0.2, 0.25) is 0 Å². The second-order valence-electron chi connectivity index (χ2n) is 9.58. The van der Waals surface area contributed by atoms with Gasteiger partial charge in [-0.05, 0) is 49.6 Å². The van der Waals surface area contributed by atoms with Crippen molar-refractivity contribution in [3.63, 3.8) is 0 Å². The lowest BCUT2D eigenvalue weighted by molar-refractivity contribution is -0.157. The molecule has 0 bridgehead atoms. The van der Waals surface area contributed by atoms with Crippen LogP contribution in [0.3, 0.4) is 0 Å². The van der Waals surface area contributed by atoms with Crippen LogP contribution < -0.4 is 10.1 Å². The summed E-state index contributed by atoms with van der Waals surface area (Å²) in [4.78, 5) is 37.3. The minimum Gasteiger partial charge on any atom is -0.482 e. The first-order chi connectivity index (χ1) is 19.2. The second kappa shape index (κ2) is 16.6. The maximum absolute atomic E-state index is 12.9. The molecule has 8 heteroatoms. The number of carbonyl (C=O) groups is 3. The van der Waals surface area contributed by atoms with Crippen LogP contribution in [-0.4, -0.2) is 36.3 Å². The van der Waals surface area contributed by atoms with Gasteiger partial charge in [0.15, 0.2) is 6.61 Å². The molecule has 0 aliphatic heterocycles. The SMILES string of the molecule is CC.CC(C)(C)OC(=O)COc1ccc(CC(NC(=O)OCc2ccccc2)C(=O)OCc2ccccc2)cc1. The van der Waals surface area contributed by atoms with E-state index in [0.717, 1.165) is 16.7 Å². The maximum atomic E-state index is 12.9. The van der Waals surface area contributed by atoms with E-state index < -0.39 is 29.7 Å². The summed E-state index contributed by atoms with van der Waals surface area (Å²) in [6.07, 6.45) is -0.562. The summed E-state index contributed by atoms with van der Waals surface area (Å²) < 4.78 is 21.5. The predicted molar refractivity (Wildman–Crippen MR) is 153 cm³/mol. The zero-order valence-corrected chi connectivity index (χ0v) is 23.8. The monoisotopic (exact) mass is 549 g/mol. The van der Waals surface area contributed by atoms with E-state index in [4.69, 9.17) is 18.9 Å². The average Bonchev–Trinajstić information content (AvgIpc) is 2.95. The fourth-order valence-electron chi connectivity index (χ4n) is 3.40. The quantitative estimate of drug-likeness (QED) is 0.231. The Kier molecular flexibility index (Phi) is 13.2. The number of hydrogen-bond acceptors (Lipinski definition) is 7. The molecule has 0 radical (unpaired) electrons. The zero-order chi connectivity index (χ0) is 29.4. The van der Waals surface area contributed by atoms with Crippen molar-refractivity contribution in [2.45, 2.75) is 65.9 Å². The highest BCUT2D eigenvalue weighted by molar-refractivity contribution is 5.81. The molecule has 40 heavy (non-hydrogen) atoms. The van der Waals surface area contributed by atoms with E-state index >= 15 is 0 Å². The Morgan fingerprint density at radius 2 is 1.25 bits per heavy atom. The number of hydrogen-bond donors (Lipinski definition) is 1. The molecule has 0 spiro atoms. The molecule has 0 heterocycles. The predicted octanol–water partition coefficient (Wildman–Crippen LogP) is 6.01. The number of rotatable bonds is 11. The molecule has 1 atom stereocenters. The van der Waals surface area contributed by atoms with Gasteiger partial charge in [0, 0.05) is 6.42 Å². The molecule has 0 fully saturated rings. The van der Waals surface area contributed by atoms with Gasteiger partial charge < -0.3 is 24.3 Å². The lowest BCUT2D eigenvalue weighted by Crippen LogP contribution is -2.43. The zero-order valence-electron chi connectivity index (χ0n) is 23.8. The molecule has 0 saturated heterocycles. The molecule has 8 nitrogen and oxygen atoms in total. The number of ether oxygens (including phenoxy) is 4. The molecule has 214 valence electrons.